The van der Waals surface area contributed by atoms with Crippen LogP contribution in [-0.4, -0.2) is 12.5 Å². The van der Waals surface area contributed by atoms with E-state index in [4.69, 9.17) is 6.57 Å². The van der Waals surface area contributed by atoms with Crippen LogP contribution in [0, 0.1) is 18.4 Å². The monoisotopic (exact) mass is 187 g/mol. The van der Waals surface area contributed by atoms with E-state index in [0.29, 0.717) is 25.3 Å². The van der Waals surface area contributed by atoms with Crippen molar-refractivity contribution in [2.45, 2.75) is 38.5 Å². The molecule has 0 N–H and O–H groups in total. The summed E-state index contributed by atoms with van der Waals surface area (Å²) in [6.45, 7) is 8.12. The molecule has 0 heterocycles. The highest BCUT2D eigenvalue weighted by Gasteiger charge is 2.39. The second kappa shape index (κ2) is 4.04. The molecule has 0 aromatic carbocycles. The SMILES string of the molecule is [C-]#[N+]CCC1CCC(C(C)(F)F)C1. The van der Waals surface area contributed by atoms with Crippen molar-refractivity contribution in [1.29, 1.82) is 0 Å². The third-order valence-electron chi connectivity index (χ3n) is 2.91. The molecular weight excluding hydrogens is 172 g/mol. The van der Waals surface area contributed by atoms with Gasteiger partial charge in [0.2, 0.25) is 12.5 Å². The van der Waals surface area contributed by atoms with Gasteiger partial charge in [0.05, 0.1) is 0 Å². The quantitative estimate of drug-likeness (QED) is 0.597. The van der Waals surface area contributed by atoms with Gasteiger partial charge in [0.25, 0.3) is 0 Å². The van der Waals surface area contributed by atoms with Gasteiger partial charge in [0.1, 0.15) is 0 Å². The second-order valence-corrected chi connectivity index (χ2v) is 4.00. The Morgan fingerprint density at radius 1 is 1.46 bits per heavy atom. The fraction of sp³-hybridized carbons (Fsp3) is 0.900. The van der Waals surface area contributed by atoms with E-state index in [1.165, 1.54) is 0 Å². The van der Waals surface area contributed by atoms with Gasteiger partial charge in [0, 0.05) is 12.3 Å². The Hall–Kier alpha value is -0.650. The lowest BCUT2D eigenvalue weighted by Crippen LogP contribution is -2.21. The van der Waals surface area contributed by atoms with E-state index in [1.807, 2.05) is 0 Å². The lowest BCUT2D eigenvalue weighted by molar-refractivity contribution is -0.0382. The van der Waals surface area contributed by atoms with Gasteiger partial charge in [-0.05, 0) is 32.1 Å². The Balaban J connectivity index is 2.33. The van der Waals surface area contributed by atoms with Crippen LogP contribution in [-0.2, 0) is 0 Å². The van der Waals surface area contributed by atoms with Crippen molar-refractivity contribution in [3.8, 4) is 0 Å². The molecule has 1 aliphatic carbocycles. The van der Waals surface area contributed by atoms with Crippen LogP contribution in [0.2, 0.25) is 0 Å². The molecular formula is C10H15F2N. The average molecular weight is 187 g/mol. The largest absolute Gasteiger partial charge is 0.317 e. The van der Waals surface area contributed by atoms with Crippen LogP contribution >= 0.6 is 0 Å². The third kappa shape index (κ3) is 2.95. The molecule has 1 saturated carbocycles. The molecule has 0 saturated heterocycles. The Labute approximate surface area is 78.0 Å². The minimum absolute atomic E-state index is 0.366. The highest BCUT2D eigenvalue weighted by molar-refractivity contribution is 4.83. The maximum absolute atomic E-state index is 12.9. The van der Waals surface area contributed by atoms with Gasteiger partial charge in [-0.3, -0.25) is 0 Å². The van der Waals surface area contributed by atoms with Gasteiger partial charge in [-0.15, -0.1) is 0 Å². The fourth-order valence-corrected chi connectivity index (χ4v) is 2.04. The van der Waals surface area contributed by atoms with Crippen molar-refractivity contribution in [3.05, 3.63) is 11.4 Å². The minimum Gasteiger partial charge on any atom is -0.317 e. The Bertz CT molecular complexity index is 202. The van der Waals surface area contributed by atoms with Crippen molar-refractivity contribution < 1.29 is 8.78 Å². The van der Waals surface area contributed by atoms with E-state index < -0.39 is 11.8 Å². The van der Waals surface area contributed by atoms with Crippen molar-refractivity contribution in [3.63, 3.8) is 0 Å². The Morgan fingerprint density at radius 2 is 2.15 bits per heavy atom. The van der Waals surface area contributed by atoms with E-state index in [9.17, 15) is 8.78 Å². The molecule has 74 valence electrons. The predicted molar refractivity (Wildman–Crippen MR) is 47.5 cm³/mol. The first-order valence-electron chi connectivity index (χ1n) is 4.75. The van der Waals surface area contributed by atoms with Crippen LogP contribution in [0.3, 0.4) is 0 Å². The number of nitrogens with zero attached hydrogens (tertiary/aromatic N) is 1. The predicted octanol–water partition coefficient (Wildman–Crippen LogP) is 3.37. The lowest BCUT2D eigenvalue weighted by Gasteiger charge is -2.17. The molecule has 1 nitrogen and oxygen atoms in total. The van der Waals surface area contributed by atoms with Crippen LogP contribution < -0.4 is 0 Å². The number of rotatable bonds is 3. The van der Waals surface area contributed by atoms with Crippen molar-refractivity contribution >= 4 is 0 Å². The zero-order valence-corrected chi connectivity index (χ0v) is 7.89. The van der Waals surface area contributed by atoms with E-state index in [0.717, 1.165) is 19.8 Å². The zero-order chi connectivity index (χ0) is 9.90. The number of hydrogen-bond donors (Lipinski definition) is 0. The number of alkyl halides is 2. The zero-order valence-electron chi connectivity index (χ0n) is 7.89. The van der Waals surface area contributed by atoms with Crippen molar-refractivity contribution in [1.82, 2.24) is 0 Å². The second-order valence-electron chi connectivity index (χ2n) is 4.00. The van der Waals surface area contributed by atoms with Crippen LogP contribution in [0.5, 0.6) is 0 Å². The molecule has 0 radical (unpaired) electrons. The van der Waals surface area contributed by atoms with Crippen LogP contribution in [0.15, 0.2) is 0 Å². The molecule has 1 aliphatic rings. The summed E-state index contributed by atoms with van der Waals surface area (Å²) in [6.07, 6.45) is 2.92. The summed E-state index contributed by atoms with van der Waals surface area (Å²) in [5.41, 5.74) is 0. The summed E-state index contributed by atoms with van der Waals surface area (Å²) in [4.78, 5) is 3.25. The highest BCUT2D eigenvalue weighted by Crippen LogP contribution is 2.41. The van der Waals surface area contributed by atoms with Gasteiger partial charge in [-0.2, -0.15) is 0 Å². The van der Waals surface area contributed by atoms with Gasteiger partial charge >= 0.3 is 0 Å². The van der Waals surface area contributed by atoms with Crippen LogP contribution in [0.4, 0.5) is 8.78 Å². The molecule has 2 atom stereocenters. The first-order valence-corrected chi connectivity index (χ1v) is 4.75. The van der Waals surface area contributed by atoms with E-state index in [-0.39, 0.29) is 0 Å². The standard InChI is InChI=1S/C10H15F2N/c1-10(11,12)9-4-3-8(7-9)5-6-13-2/h8-9H,3-7H2,1H3. The Morgan fingerprint density at radius 3 is 2.62 bits per heavy atom. The third-order valence-corrected chi connectivity index (χ3v) is 2.91. The van der Waals surface area contributed by atoms with Gasteiger partial charge < -0.3 is 4.85 Å². The van der Waals surface area contributed by atoms with E-state index in [2.05, 4.69) is 4.85 Å². The Kier molecular flexibility index (Phi) is 3.24. The van der Waals surface area contributed by atoms with Crippen LogP contribution in [0.1, 0.15) is 32.6 Å². The molecule has 1 fully saturated rings. The summed E-state index contributed by atoms with van der Waals surface area (Å²) in [7, 11) is 0. The molecule has 0 aromatic rings. The normalized spacial score (nSPS) is 28.8. The molecule has 0 aliphatic heterocycles. The molecule has 3 heteroatoms. The van der Waals surface area contributed by atoms with Crippen molar-refractivity contribution in [2.75, 3.05) is 6.54 Å². The molecule has 0 spiro atoms. The maximum Gasteiger partial charge on any atom is 0.248 e. The summed E-state index contributed by atoms with van der Waals surface area (Å²) < 4.78 is 25.7. The lowest BCUT2D eigenvalue weighted by atomic mass is 9.98. The maximum atomic E-state index is 12.9. The van der Waals surface area contributed by atoms with Gasteiger partial charge in [0.15, 0.2) is 0 Å². The molecule has 0 bridgehead atoms. The summed E-state index contributed by atoms with van der Waals surface area (Å²) in [5.74, 6) is -2.60. The molecule has 0 aromatic heterocycles. The molecule has 1 rings (SSSR count). The average Bonchev–Trinajstić information content (AvgIpc) is 2.47. The first-order chi connectivity index (χ1) is 6.04. The first kappa shape index (κ1) is 10.4. The van der Waals surface area contributed by atoms with Gasteiger partial charge in [-0.1, -0.05) is 0 Å². The summed E-state index contributed by atoms with van der Waals surface area (Å²) >= 11 is 0. The minimum atomic E-state index is -2.52. The molecule has 2 unspecified atom stereocenters. The van der Waals surface area contributed by atoms with E-state index in [1.54, 1.807) is 0 Å². The fourth-order valence-electron chi connectivity index (χ4n) is 2.04. The molecule has 13 heavy (non-hydrogen) atoms. The number of halogens is 2. The van der Waals surface area contributed by atoms with E-state index >= 15 is 0 Å². The summed E-state index contributed by atoms with van der Waals surface area (Å²) in [6, 6.07) is 0. The van der Waals surface area contributed by atoms with Crippen LogP contribution in [0.25, 0.3) is 4.85 Å². The topological polar surface area (TPSA) is 4.36 Å². The summed E-state index contributed by atoms with van der Waals surface area (Å²) in [5, 5.41) is 0. The molecule has 0 amide bonds. The highest BCUT2D eigenvalue weighted by atomic mass is 19.3. The number of hydrogen-bond acceptors (Lipinski definition) is 0. The van der Waals surface area contributed by atoms with Crippen molar-refractivity contribution in [2.24, 2.45) is 11.8 Å². The van der Waals surface area contributed by atoms with Gasteiger partial charge in [-0.25, -0.2) is 15.4 Å². The smallest absolute Gasteiger partial charge is 0.248 e.